The van der Waals surface area contributed by atoms with E-state index < -0.39 is 11.6 Å². The third kappa shape index (κ3) is 4.32. The molecule has 5 rings (SSSR count). The second-order valence-electron chi connectivity index (χ2n) is 7.83. The molecule has 1 amide bonds. The highest BCUT2D eigenvalue weighted by Gasteiger charge is 2.16. The Balaban J connectivity index is 1.35. The Hall–Kier alpha value is -4.62. The van der Waals surface area contributed by atoms with Gasteiger partial charge in [0.25, 0.3) is 0 Å². The molecule has 5 N–H and O–H groups in total. The van der Waals surface area contributed by atoms with Gasteiger partial charge in [-0.2, -0.15) is 15.1 Å². The number of fused-ring (bicyclic) bond motifs is 2. The topological polar surface area (TPSA) is 157 Å². The first-order valence-corrected chi connectivity index (χ1v) is 10.7. The molecule has 4 aromatic heterocycles. The minimum absolute atomic E-state index is 0.0180. The molecule has 180 valence electrons. The molecule has 0 bridgehead atoms. The summed E-state index contributed by atoms with van der Waals surface area (Å²) in [5.41, 5.74) is 8.11. The summed E-state index contributed by atoms with van der Waals surface area (Å²) in [5.74, 6) is -0.891. The van der Waals surface area contributed by atoms with E-state index in [-0.39, 0.29) is 24.9 Å². The average Bonchev–Trinajstić information content (AvgIpc) is 3.49. The number of rotatable bonds is 7. The summed E-state index contributed by atoms with van der Waals surface area (Å²) in [6.45, 7) is 4.49. The number of nitrogen functional groups attached to an aromatic ring is 1. The van der Waals surface area contributed by atoms with Crippen LogP contribution in [0.1, 0.15) is 18.4 Å². The Morgan fingerprint density at radius 1 is 1.17 bits per heavy atom. The first-order chi connectivity index (χ1) is 16.8. The smallest absolute Gasteiger partial charge is 0.245 e. The third-order valence-electron chi connectivity index (χ3n) is 5.26. The molecule has 35 heavy (non-hydrogen) atoms. The Kier molecular flexibility index (Phi) is 5.47. The first-order valence-electron chi connectivity index (χ1n) is 10.7. The van der Waals surface area contributed by atoms with Crippen LogP contribution in [-0.4, -0.2) is 45.2 Å². The number of amides is 1. The number of halogens is 2. The maximum absolute atomic E-state index is 13.5. The van der Waals surface area contributed by atoms with Crippen molar-refractivity contribution in [3.63, 3.8) is 0 Å². The van der Waals surface area contributed by atoms with Gasteiger partial charge in [0, 0.05) is 24.7 Å². The van der Waals surface area contributed by atoms with E-state index >= 15 is 0 Å². The van der Waals surface area contributed by atoms with Crippen molar-refractivity contribution in [2.24, 2.45) is 0 Å². The molecule has 1 aromatic carbocycles. The molecular weight excluding hydrogens is 460 g/mol. The summed E-state index contributed by atoms with van der Waals surface area (Å²) >= 11 is 0. The van der Waals surface area contributed by atoms with Gasteiger partial charge in [0.2, 0.25) is 11.9 Å². The highest BCUT2D eigenvalue weighted by Crippen LogP contribution is 2.22. The van der Waals surface area contributed by atoms with Crippen LogP contribution in [0.2, 0.25) is 0 Å². The monoisotopic (exact) mass is 481 g/mol. The second kappa shape index (κ2) is 8.62. The summed E-state index contributed by atoms with van der Waals surface area (Å²) in [7, 11) is 0. The third-order valence-corrected chi connectivity index (χ3v) is 5.26. The summed E-state index contributed by atoms with van der Waals surface area (Å²) in [6, 6.07) is 3.85. The van der Waals surface area contributed by atoms with Crippen molar-refractivity contribution >= 4 is 45.7 Å². The number of anilines is 3. The van der Waals surface area contributed by atoms with E-state index in [4.69, 9.17) is 5.73 Å². The lowest BCUT2D eigenvalue weighted by molar-refractivity contribution is -0.116. The Morgan fingerprint density at radius 3 is 2.77 bits per heavy atom. The van der Waals surface area contributed by atoms with Gasteiger partial charge in [0.05, 0.1) is 29.6 Å². The molecule has 14 heteroatoms. The van der Waals surface area contributed by atoms with Crippen LogP contribution in [-0.2, 0) is 24.4 Å². The molecule has 0 unspecified atom stereocenters. The summed E-state index contributed by atoms with van der Waals surface area (Å²) in [4.78, 5) is 32.6. The number of nitrogens with zero attached hydrogens (tertiary/aromatic N) is 7. The number of carbonyl (C=O) groups is 1. The van der Waals surface area contributed by atoms with E-state index in [1.54, 1.807) is 15.3 Å². The number of aryl methyl sites for hydroxylation is 2. The summed E-state index contributed by atoms with van der Waals surface area (Å²) in [6.07, 6.45) is 1.47. The van der Waals surface area contributed by atoms with Gasteiger partial charge in [-0.3, -0.25) is 4.79 Å². The number of hydrogen-bond donors (Lipinski definition) is 4. The molecule has 5 aromatic rings. The van der Waals surface area contributed by atoms with E-state index in [1.165, 1.54) is 6.33 Å². The van der Waals surface area contributed by atoms with E-state index in [9.17, 15) is 13.6 Å². The lowest BCUT2D eigenvalue weighted by atomic mass is 10.3. The normalized spacial score (nSPS) is 11.4. The van der Waals surface area contributed by atoms with Crippen LogP contribution in [0.15, 0.2) is 24.5 Å². The number of imidazole rings is 2. The van der Waals surface area contributed by atoms with Crippen molar-refractivity contribution in [2.75, 3.05) is 16.4 Å². The van der Waals surface area contributed by atoms with Crippen LogP contribution in [0.3, 0.4) is 0 Å². The van der Waals surface area contributed by atoms with Gasteiger partial charge in [-0.15, -0.1) is 0 Å². The molecule has 12 nitrogen and oxygen atoms in total. The van der Waals surface area contributed by atoms with E-state index in [2.05, 4.69) is 40.7 Å². The average molecular weight is 481 g/mol. The van der Waals surface area contributed by atoms with Crippen molar-refractivity contribution < 1.29 is 13.6 Å². The molecular formula is C21H21F2N11O. The molecule has 0 saturated heterocycles. The predicted molar refractivity (Wildman–Crippen MR) is 124 cm³/mol. The van der Waals surface area contributed by atoms with E-state index in [0.717, 1.165) is 17.8 Å². The zero-order valence-electron chi connectivity index (χ0n) is 18.8. The molecule has 0 saturated carbocycles. The lowest BCUT2D eigenvalue weighted by Gasteiger charge is -2.09. The van der Waals surface area contributed by atoms with Gasteiger partial charge in [0.1, 0.15) is 18.2 Å². The molecule has 0 radical (unpaired) electrons. The Bertz CT molecular complexity index is 1530. The zero-order chi connectivity index (χ0) is 24.7. The number of nitrogens with two attached hydrogens (primary N) is 1. The minimum atomic E-state index is -0.974. The van der Waals surface area contributed by atoms with Crippen molar-refractivity contribution in [1.82, 2.24) is 39.3 Å². The van der Waals surface area contributed by atoms with E-state index in [1.807, 2.05) is 13.8 Å². The van der Waals surface area contributed by atoms with Gasteiger partial charge in [-0.1, -0.05) is 0 Å². The molecule has 0 atom stereocenters. The number of nitrogens with one attached hydrogen (secondary N) is 3. The minimum Gasteiger partial charge on any atom is -0.368 e. The molecule has 0 aliphatic carbocycles. The van der Waals surface area contributed by atoms with Crippen LogP contribution in [0.4, 0.5) is 26.4 Å². The molecule has 0 aliphatic rings. The van der Waals surface area contributed by atoms with Crippen molar-refractivity contribution in [3.05, 3.63) is 47.7 Å². The number of aromatic amines is 1. The quantitative estimate of drug-likeness (QED) is 0.276. The fraction of sp³-hybridized carbons (Fsp3) is 0.238. The lowest BCUT2D eigenvalue weighted by Crippen LogP contribution is -2.20. The molecule has 4 heterocycles. The largest absolute Gasteiger partial charge is 0.368 e. The van der Waals surface area contributed by atoms with Gasteiger partial charge < -0.3 is 25.9 Å². The summed E-state index contributed by atoms with van der Waals surface area (Å²) in [5, 5.41) is 10.2. The van der Waals surface area contributed by atoms with Crippen LogP contribution < -0.4 is 16.4 Å². The molecule has 0 aliphatic heterocycles. The Morgan fingerprint density at radius 2 is 1.97 bits per heavy atom. The Labute approximate surface area is 196 Å². The van der Waals surface area contributed by atoms with Gasteiger partial charge in [-0.25, -0.2) is 23.4 Å². The van der Waals surface area contributed by atoms with Gasteiger partial charge >= 0.3 is 0 Å². The highest BCUT2D eigenvalue weighted by molar-refractivity contribution is 5.91. The zero-order valence-corrected chi connectivity index (χ0v) is 18.8. The van der Waals surface area contributed by atoms with Crippen molar-refractivity contribution in [1.29, 1.82) is 0 Å². The molecule has 0 spiro atoms. The number of benzene rings is 1. The van der Waals surface area contributed by atoms with Crippen LogP contribution in [0.25, 0.3) is 22.2 Å². The second-order valence-corrected chi connectivity index (χ2v) is 7.83. The van der Waals surface area contributed by atoms with Crippen LogP contribution in [0, 0.1) is 18.6 Å². The fourth-order valence-corrected chi connectivity index (χ4v) is 3.73. The number of H-pyrrole nitrogens is 1. The van der Waals surface area contributed by atoms with Gasteiger partial charge in [-0.05, 0) is 13.8 Å². The number of carbonyl (C=O) groups excluding carboxylic acids is 1. The summed E-state index contributed by atoms with van der Waals surface area (Å²) < 4.78 is 30.2. The number of aromatic nitrogens is 8. The van der Waals surface area contributed by atoms with Gasteiger partial charge in [0.15, 0.2) is 28.6 Å². The maximum Gasteiger partial charge on any atom is 0.245 e. The van der Waals surface area contributed by atoms with Crippen molar-refractivity contribution in [2.45, 2.75) is 33.5 Å². The first kappa shape index (κ1) is 22.2. The SMILES string of the molecule is CCn1nc(C)cc1NC(=O)Cn1cnc2c(NCc3nc4cc(F)c(F)cc4[nH]3)nc(N)nc21. The van der Waals surface area contributed by atoms with Crippen LogP contribution >= 0.6 is 0 Å². The standard InChI is InChI=1S/C21H21F2N11O/c1-3-34-16(4-10(2)32-34)29-17(35)8-33-9-26-18-19(30-21(24)31-20(18)33)25-7-15-27-13-5-11(22)12(23)6-14(13)28-15/h4-6,9H,3,7-8H2,1-2H3,(H,27,28)(H,29,35)(H3,24,25,30,31). The van der Waals surface area contributed by atoms with Crippen molar-refractivity contribution in [3.8, 4) is 0 Å². The van der Waals surface area contributed by atoms with E-state index in [0.29, 0.717) is 46.2 Å². The fourth-order valence-electron chi connectivity index (χ4n) is 3.73. The highest BCUT2D eigenvalue weighted by atomic mass is 19.2. The number of hydrogen-bond acceptors (Lipinski definition) is 8. The molecule has 0 fully saturated rings. The van der Waals surface area contributed by atoms with Crippen LogP contribution in [0.5, 0.6) is 0 Å². The predicted octanol–water partition coefficient (Wildman–Crippen LogP) is 2.34. The maximum atomic E-state index is 13.5.